The van der Waals surface area contributed by atoms with E-state index >= 15 is 0 Å². The summed E-state index contributed by atoms with van der Waals surface area (Å²) < 4.78 is 2.16. The first kappa shape index (κ1) is 13.7. The molecule has 2 heterocycles. The van der Waals surface area contributed by atoms with Crippen molar-refractivity contribution in [1.29, 1.82) is 0 Å². The van der Waals surface area contributed by atoms with Crippen LogP contribution in [-0.4, -0.2) is 44.2 Å². The normalized spacial score (nSPS) is 23.1. The Labute approximate surface area is 122 Å². The van der Waals surface area contributed by atoms with Crippen LogP contribution >= 0.6 is 11.8 Å². The van der Waals surface area contributed by atoms with E-state index < -0.39 is 5.97 Å². The van der Waals surface area contributed by atoms with Gasteiger partial charge < -0.3 is 10.0 Å². The number of thioether (sulfide) groups is 1. The molecule has 6 nitrogen and oxygen atoms in total. The molecular weight excluding hydrogens is 276 g/mol. The Kier molecular flexibility index (Phi) is 3.87. The van der Waals surface area contributed by atoms with Crippen LogP contribution in [0.1, 0.15) is 45.1 Å². The summed E-state index contributed by atoms with van der Waals surface area (Å²) in [6, 6.07) is 0.952. The number of aromatic nitrogens is 3. The lowest BCUT2D eigenvalue weighted by Gasteiger charge is -2.34. The second kappa shape index (κ2) is 5.63. The first-order valence-corrected chi connectivity index (χ1v) is 8.21. The molecular formula is C13H20N4O2S. The second-order valence-electron chi connectivity index (χ2n) is 5.60. The zero-order chi connectivity index (χ0) is 14.1. The maximum absolute atomic E-state index is 10.7. The van der Waals surface area contributed by atoms with Crippen LogP contribution in [0.15, 0.2) is 5.16 Å². The predicted octanol–water partition coefficient (Wildman–Crippen LogP) is 2.17. The number of nitrogens with zero attached hydrogens (tertiary/aromatic N) is 4. The van der Waals surface area contributed by atoms with E-state index in [9.17, 15) is 4.79 Å². The third kappa shape index (κ3) is 2.77. The molecule has 1 unspecified atom stereocenters. The standard InChI is InChI=1S/C13H20N4O2S/c1-9-4-2-3-7-16(9)12-14-15-13(20-8-11(18)19)17(12)10-5-6-10/h9-10H,2-8H2,1H3,(H,18,19). The van der Waals surface area contributed by atoms with Gasteiger partial charge >= 0.3 is 5.97 Å². The van der Waals surface area contributed by atoms with Gasteiger partial charge in [-0.1, -0.05) is 11.8 Å². The molecule has 0 radical (unpaired) electrons. The summed E-state index contributed by atoms with van der Waals surface area (Å²) in [6.45, 7) is 3.25. The molecule has 2 fully saturated rings. The molecule has 1 aromatic rings. The highest BCUT2D eigenvalue weighted by atomic mass is 32.2. The molecule has 7 heteroatoms. The molecule has 1 N–H and O–H groups in total. The third-order valence-corrected chi connectivity index (χ3v) is 4.87. The van der Waals surface area contributed by atoms with Crippen molar-refractivity contribution in [2.45, 2.75) is 56.3 Å². The molecule has 1 saturated carbocycles. The Morgan fingerprint density at radius 2 is 2.15 bits per heavy atom. The minimum absolute atomic E-state index is 0.0421. The number of carboxylic acid groups (broad SMARTS) is 1. The van der Waals surface area contributed by atoms with Crippen molar-refractivity contribution in [3.63, 3.8) is 0 Å². The zero-order valence-corrected chi connectivity index (χ0v) is 12.5. The first-order chi connectivity index (χ1) is 9.66. The van der Waals surface area contributed by atoms with E-state index in [2.05, 4.69) is 26.6 Å². The number of hydrogen-bond donors (Lipinski definition) is 1. The maximum Gasteiger partial charge on any atom is 0.313 e. The van der Waals surface area contributed by atoms with Gasteiger partial charge in [0.05, 0.1) is 5.75 Å². The summed E-state index contributed by atoms with van der Waals surface area (Å²) in [5, 5.41) is 18.2. The van der Waals surface area contributed by atoms with Crippen LogP contribution in [0.4, 0.5) is 5.95 Å². The van der Waals surface area contributed by atoms with Gasteiger partial charge in [-0.15, -0.1) is 10.2 Å². The van der Waals surface area contributed by atoms with Gasteiger partial charge in [-0.25, -0.2) is 0 Å². The third-order valence-electron chi connectivity index (χ3n) is 3.94. The quantitative estimate of drug-likeness (QED) is 0.840. The van der Waals surface area contributed by atoms with Crippen LogP contribution < -0.4 is 4.90 Å². The molecule has 2 aliphatic rings. The highest BCUT2D eigenvalue weighted by molar-refractivity contribution is 7.99. The van der Waals surface area contributed by atoms with E-state index in [0.29, 0.717) is 12.1 Å². The van der Waals surface area contributed by atoms with Gasteiger partial charge in [-0.05, 0) is 39.0 Å². The van der Waals surface area contributed by atoms with Gasteiger partial charge in [0.2, 0.25) is 5.95 Å². The van der Waals surface area contributed by atoms with Gasteiger partial charge in [-0.3, -0.25) is 9.36 Å². The van der Waals surface area contributed by atoms with Crippen LogP contribution in [0.5, 0.6) is 0 Å². The van der Waals surface area contributed by atoms with Crippen LogP contribution in [0, 0.1) is 0 Å². The second-order valence-corrected chi connectivity index (χ2v) is 6.55. The van der Waals surface area contributed by atoms with Crippen molar-refractivity contribution in [2.75, 3.05) is 17.2 Å². The molecule has 0 aromatic carbocycles. The average molecular weight is 296 g/mol. The molecule has 1 aromatic heterocycles. The van der Waals surface area contributed by atoms with E-state index in [-0.39, 0.29) is 5.75 Å². The highest BCUT2D eigenvalue weighted by Gasteiger charge is 2.33. The minimum Gasteiger partial charge on any atom is -0.481 e. The summed E-state index contributed by atoms with van der Waals surface area (Å²) in [6.07, 6.45) is 5.95. The molecule has 1 aliphatic heterocycles. The Hall–Kier alpha value is -1.24. The fourth-order valence-corrected chi connectivity index (χ4v) is 3.46. The summed E-state index contributed by atoms with van der Waals surface area (Å²) >= 11 is 1.27. The molecule has 1 atom stereocenters. The Morgan fingerprint density at radius 3 is 2.80 bits per heavy atom. The molecule has 1 saturated heterocycles. The molecule has 3 rings (SSSR count). The lowest BCUT2D eigenvalue weighted by atomic mass is 10.0. The van der Waals surface area contributed by atoms with E-state index in [1.165, 1.54) is 31.0 Å². The number of carboxylic acids is 1. The summed E-state index contributed by atoms with van der Waals surface area (Å²) in [4.78, 5) is 13.1. The summed E-state index contributed by atoms with van der Waals surface area (Å²) in [5.41, 5.74) is 0. The van der Waals surface area contributed by atoms with Crippen LogP contribution in [0.2, 0.25) is 0 Å². The number of carbonyl (C=O) groups is 1. The molecule has 0 bridgehead atoms. The fourth-order valence-electron chi connectivity index (χ4n) is 2.74. The lowest BCUT2D eigenvalue weighted by molar-refractivity contribution is -0.133. The zero-order valence-electron chi connectivity index (χ0n) is 11.7. The Bertz CT molecular complexity index is 501. The van der Waals surface area contributed by atoms with Gasteiger partial charge in [0.25, 0.3) is 0 Å². The van der Waals surface area contributed by atoms with E-state index in [1.54, 1.807) is 0 Å². The SMILES string of the molecule is CC1CCCCN1c1nnc(SCC(=O)O)n1C1CC1. The lowest BCUT2D eigenvalue weighted by Crippen LogP contribution is -2.39. The monoisotopic (exact) mass is 296 g/mol. The van der Waals surface area contributed by atoms with Gasteiger partial charge in [0.15, 0.2) is 5.16 Å². The van der Waals surface area contributed by atoms with Crippen LogP contribution in [-0.2, 0) is 4.79 Å². The number of aliphatic carboxylic acids is 1. The number of hydrogen-bond acceptors (Lipinski definition) is 5. The Balaban J connectivity index is 1.84. The van der Waals surface area contributed by atoms with Crippen LogP contribution in [0.25, 0.3) is 0 Å². The van der Waals surface area contributed by atoms with Crippen molar-refractivity contribution in [2.24, 2.45) is 0 Å². The molecule has 1 aliphatic carbocycles. The predicted molar refractivity (Wildman–Crippen MR) is 77.3 cm³/mol. The van der Waals surface area contributed by atoms with Gasteiger partial charge in [0, 0.05) is 18.6 Å². The van der Waals surface area contributed by atoms with E-state index in [4.69, 9.17) is 5.11 Å². The topological polar surface area (TPSA) is 71.2 Å². The molecule has 110 valence electrons. The van der Waals surface area contributed by atoms with E-state index in [1.807, 2.05) is 0 Å². The Morgan fingerprint density at radius 1 is 1.35 bits per heavy atom. The smallest absolute Gasteiger partial charge is 0.313 e. The van der Waals surface area contributed by atoms with Crippen molar-refractivity contribution in [3.05, 3.63) is 0 Å². The molecule has 20 heavy (non-hydrogen) atoms. The summed E-state index contributed by atoms with van der Waals surface area (Å²) in [7, 11) is 0. The first-order valence-electron chi connectivity index (χ1n) is 7.23. The average Bonchev–Trinajstić information content (AvgIpc) is 3.17. The van der Waals surface area contributed by atoms with Crippen LogP contribution in [0.3, 0.4) is 0 Å². The summed E-state index contributed by atoms with van der Waals surface area (Å²) in [5.74, 6) is 0.168. The maximum atomic E-state index is 10.7. The van der Waals surface area contributed by atoms with Crippen molar-refractivity contribution in [3.8, 4) is 0 Å². The minimum atomic E-state index is -0.812. The fraction of sp³-hybridized carbons (Fsp3) is 0.769. The van der Waals surface area contributed by atoms with Crippen molar-refractivity contribution < 1.29 is 9.90 Å². The van der Waals surface area contributed by atoms with Crippen molar-refractivity contribution in [1.82, 2.24) is 14.8 Å². The number of piperidine rings is 1. The van der Waals surface area contributed by atoms with Crippen molar-refractivity contribution >= 4 is 23.7 Å². The number of rotatable bonds is 5. The number of anilines is 1. The van der Waals surface area contributed by atoms with E-state index in [0.717, 1.165) is 30.5 Å². The molecule has 0 spiro atoms. The van der Waals surface area contributed by atoms with Gasteiger partial charge in [0.1, 0.15) is 0 Å². The highest BCUT2D eigenvalue weighted by Crippen LogP contribution is 2.41. The molecule has 0 amide bonds. The van der Waals surface area contributed by atoms with Gasteiger partial charge in [-0.2, -0.15) is 0 Å². The largest absolute Gasteiger partial charge is 0.481 e.